The third kappa shape index (κ3) is 6.24. The van der Waals surface area contributed by atoms with Gasteiger partial charge in [0, 0.05) is 22.8 Å². The predicted molar refractivity (Wildman–Crippen MR) is 98.9 cm³/mol. The van der Waals surface area contributed by atoms with Crippen molar-refractivity contribution in [3.63, 3.8) is 0 Å². The zero-order valence-corrected chi connectivity index (χ0v) is 16.4. The van der Waals surface area contributed by atoms with Gasteiger partial charge in [-0.15, -0.1) is 0 Å². The van der Waals surface area contributed by atoms with E-state index < -0.39 is 31.0 Å². The topological polar surface area (TPSA) is 75.3 Å². The summed E-state index contributed by atoms with van der Waals surface area (Å²) in [4.78, 5) is 9.91. The molecule has 0 aliphatic carbocycles. The van der Waals surface area contributed by atoms with E-state index in [4.69, 9.17) is 11.6 Å². The molecule has 0 aromatic heterocycles. The minimum absolute atomic E-state index is 0.125. The summed E-state index contributed by atoms with van der Waals surface area (Å²) in [6, 6.07) is 5.73. The average molecular weight is 465 g/mol. The SMILES string of the molecule is CS(=O)(=O)Nc1ccc(CNC(=O)c2ccc(S(F)(F)(F)(F)F)cc2)c(Cl)c1. The number of halogens is 6. The molecule has 0 spiro atoms. The van der Waals surface area contributed by atoms with Gasteiger partial charge in [0.1, 0.15) is 4.90 Å². The van der Waals surface area contributed by atoms with Crippen molar-refractivity contribution < 1.29 is 32.6 Å². The molecule has 28 heavy (non-hydrogen) atoms. The van der Waals surface area contributed by atoms with Gasteiger partial charge in [0.05, 0.1) is 6.26 Å². The first-order chi connectivity index (χ1) is 12.4. The molecule has 0 heterocycles. The monoisotopic (exact) mass is 464 g/mol. The zero-order chi connectivity index (χ0) is 21.4. The zero-order valence-electron chi connectivity index (χ0n) is 14.1. The van der Waals surface area contributed by atoms with Crippen LogP contribution in [-0.4, -0.2) is 20.6 Å². The Labute approximate surface area is 162 Å². The largest absolute Gasteiger partial charge is 0.348 e. The van der Waals surface area contributed by atoms with Crippen LogP contribution in [0.4, 0.5) is 25.1 Å². The Bertz CT molecular complexity index is 1030. The Kier molecular flexibility index (Phi) is 5.16. The van der Waals surface area contributed by atoms with Crippen LogP contribution in [-0.2, 0) is 16.6 Å². The number of hydrogen-bond donors (Lipinski definition) is 2. The maximum atomic E-state index is 12.7. The molecule has 13 heteroatoms. The lowest BCUT2D eigenvalue weighted by Gasteiger charge is -2.40. The van der Waals surface area contributed by atoms with E-state index in [0.717, 1.165) is 6.26 Å². The number of sulfonamides is 1. The minimum atomic E-state index is -9.80. The first kappa shape index (κ1) is 22.2. The summed E-state index contributed by atoms with van der Waals surface area (Å²) in [5.74, 6) is -0.803. The molecule has 0 saturated carbocycles. The second-order valence-electron chi connectivity index (χ2n) is 5.86. The van der Waals surface area contributed by atoms with Gasteiger partial charge in [-0.2, -0.15) is 0 Å². The summed E-state index contributed by atoms with van der Waals surface area (Å²) < 4.78 is 87.9. The Balaban J connectivity index is 2.09. The number of anilines is 1. The van der Waals surface area contributed by atoms with E-state index in [-0.39, 0.29) is 35.0 Å². The first-order valence-electron chi connectivity index (χ1n) is 7.33. The smallest absolute Gasteiger partial charge is 0.310 e. The summed E-state index contributed by atoms with van der Waals surface area (Å²) in [6.07, 6.45) is 0.955. The number of amides is 1. The van der Waals surface area contributed by atoms with E-state index in [2.05, 4.69) is 10.0 Å². The quantitative estimate of drug-likeness (QED) is 0.570. The Morgan fingerprint density at radius 2 is 1.61 bits per heavy atom. The van der Waals surface area contributed by atoms with E-state index in [1.54, 1.807) is 0 Å². The molecule has 0 fully saturated rings. The fraction of sp³-hybridized carbons (Fsp3) is 0.133. The van der Waals surface area contributed by atoms with Crippen molar-refractivity contribution in [1.29, 1.82) is 0 Å². The molecule has 1 amide bonds. The summed E-state index contributed by atoms with van der Waals surface area (Å²) in [5.41, 5.74) is 0.351. The van der Waals surface area contributed by atoms with E-state index in [1.807, 2.05) is 0 Å². The van der Waals surface area contributed by atoms with E-state index in [0.29, 0.717) is 17.7 Å². The molecular formula is C15H14ClF5N2O3S2. The standard InChI is InChI=1S/C15H14ClF5N2O3S2/c1-27(25,26)23-12-5-2-11(14(16)8-12)9-22-15(24)10-3-6-13(7-4-10)28(17,18,19,20)21/h2-8,23H,9H2,1H3,(H,22,24). The predicted octanol–water partition coefficient (Wildman–Crippen LogP) is 5.30. The van der Waals surface area contributed by atoms with Crippen molar-refractivity contribution in [1.82, 2.24) is 5.32 Å². The number of carbonyl (C=O) groups is 1. The summed E-state index contributed by atoms with van der Waals surface area (Å²) >= 11 is 6.00. The van der Waals surface area contributed by atoms with Crippen molar-refractivity contribution in [3.05, 3.63) is 58.6 Å². The van der Waals surface area contributed by atoms with Gasteiger partial charge in [-0.05, 0) is 42.0 Å². The number of hydrogen-bond acceptors (Lipinski definition) is 3. The molecule has 156 valence electrons. The maximum absolute atomic E-state index is 12.7. The van der Waals surface area contributed by atoms with Gasteiger partial charge >= 0.3 is 10.2 Å². The van der Waals surface area contributed by atoms with Crippen molar-refractivity contribution in [2.45, 2.75) is 11.4 Å². The van der Waals surface area contributed by atoms with Crippen molar-refractivity contribution in [3.8, 4) is 0 Å². The van der Waals surface area contributed by atoms with E-state index >= 15 is 0 Å². The van der Waals surface area contributed by atoms with E-state index in [1.165, 1.54) is 18.2 Å². The number of nitrogens with one attached hydrogen (secondary N) is 2. The molecule has 0 unspecified atom stereocenters. The Morgan fingerprint density at radius 3 is 2.07 bits per heavy atom. The van der Waals surface area contributed by atoms with Gasteiger partial charge < -0.3 is 5.32 Å². The molecule has 0 atom stereocenters. The Hall–Kier alpha value is -2.05. The fourth-order valence-corrected chi connectivity index (χ4v) is 3.56. The highest BCUT2D eigenvalue weighted by atomic mass is 35.5. The van der Waals surface area contributed by atoms with Crippen LogP contribution in [0.1, 0.15) is 15.9 Å². The molecule has 0 radical (unpaired) electrons. The van der Waals surface area contributed by atoms with E-state index in [9.17, 15) is 32.6 Å². The van der Waals surface area contributed by atoms with Crippen LogP contribution in [0.3, 0.4) is 0 Å². The molecule has 2 N–H and O–H groups in total. The van der Waals surface area contributed by atoms with Crippen LogP contribution < -0.4 is 10.0 Å². The lowest BCUT2D eigenvalue weighted by Crippen LogP contribution is -2.23. The summed E-state index contributed by atoms with van der Waals surface area (Å²) in [5, 5.41) is 2.51. The average Bonchev–Trinajstić information content (AvgIpc) is 2.50. The van der Waals surface area contributed by atoms with Crippen LogP contribution in [0.5, 0.6) is 0 Å². The first-order valence-corrected chi connectivity index (χ1v) is 11.6. The van der Waals surface area contributed by atoms with Crippen molar-refractivity contribution in [2.75, 3.05) is 11.0 Å². The van der Waals surface area contributed by atoms with Gasteiger partial charge in [-0.25, -0.2) is 8.42 Å². The highest BCUT2D eigenvalue weighted by Crippen LogP contribution is 3.02. The van der Waals surface area contributed by atoms with Gasteiger partial charge in [0.2, 0.25) is 10.0 Å². The van der Waals surface area contributed by atoms with Crippen molar-refractivity contribution in [2.24, 2.45) is 0 Å². The number of rotatable bonds is 6. The lowest BCUT2D eigenvalue weighted by molar-refractivity contribution is 0.0950. The molecule has 2 aromatic carbocycles. The highest BCUT2D eigenvalue weighted by molar-refractivity contribution is 8.45. The molecule has 0 aliphatic rings. The Morgan fingerprint density at radius 1 is 1.04 bits per heavy atom. The second kappa shape index (κ2) is 6.49. The molecule has 0 aliphatic heterocycles. The maximum Gasteiger partial charge on any atom is 0.310 e. The van der Waals surface area contributed by atoms with Crippen LogP contribution in [0.25, 0.3) is 0 Å². The normalized spacial score (nSPS) is 14.7. The number of carbonyl (C=O) groups excluding carboxylic acids is 1. The second-order valence-corrected chi connectivity index (χ2v) is 10.4. The van der Waals surface area contributed by atoms with Crippen LogP contribution in [0.15, 0.2) is 47.4 Å². The molecule has 0 bridgehead atoms. The third-order valence-corrected chi connectivity index (χ3v) is 5.48. The van der Waals surface area contributed by atoms with Crippen LogP contribution in [0, 0.1) is 0 Å². The summed E-state index contributed by atoms with van der Waals surface area (Å²) in [6.45, 7) is -0.125. The molecule has 0 saturated heterocycles. The van der Waals surface area contributed by atoms with Crippen LogP contribution >= 0.6 is 21.8 Å². The number of benzene rings is 2. The third-order valence-electron chi connectivity index (χ3n) is 3.36. The highest BCUT2D eigenvalue weighted by Gasteiger charge is 2.65. The molecule has 5 nitrogen and oxygen atoms in total. The van der Waals surface area contributed by atoms with Gasteiger partial charge in [-0.1, -0.05) is 37.1 Å². The molecule has 2 rings (SSSR count). The minimum Gasteiger partial charge on any atom is -0.348 e. The van der Waals surface area contributed by atoms with Gasteiger partial charge in [0.15, 0.2) is 0 Å². The fourth-order valence-electron chi connectivity index (χ4n) is 2.11. The van der Waals surface area contributed by atoms with Crippen molar-refractivity contribution >= 4 is 43.4 Å². The lowest BCUT2D eigenvalue weighted by atomic mass is 10.2. The summed E-state index contributed by atoms with van der Waals surface area (Å²) in [7, 11) is -13.3. The van der Waals surface area contributed by atoms with Gasteiger partial charge in [-0.3, -0.25) is 9.52 Å². The van der Waals surface area contributed by atoms with Gasteiger partial charge in [0.25, 0.3) is 5.91 Å². The molecule has 2 aromatic rings. The van der Waals surface area contributed by atoms with Crippen LogP contribution in [0.2, 0.25) is 5.02 Å². The molecular weight excluding hydrogens is 451 g/mol.